The molecule has 0 spiro atoms. The number of amides is 3. The van der Waals surface area contributed by atoms with Gasteiger partial charge >= 0.3 is 0 Å². The highest BCUT2D eigenvalue weighted by Crippen LogP contribution is 2.38. The molecule has 0 saturated carbocycles. The van der Waals surface area contributed by atoms with Gasteiger partial charge in [-0.2, -0.15) is 5.10 Å². The molecule has 3 saturated heterocycles. The Labute approximate surface area is 351 Å². The number of H-pyrrole nitrogens is 1. The molecule has 0 bridgehead atoms. The number of methoxy groups -OCH3 is 1. The molecule has 5 aromatic rings. The van der Waals surface area contributed by atoms with Crippen LogP contribution in [0.5, 0.6) is 5.75 Å². The molecule has 3 N–H and O–H groups in total. The zero-order chi connectivity index (χ0) is 42.0. The third-order valence-corrected chi connectivity index (χ3v) is 12.6. The molecule has 3 fully saturated rings. The average Bonchev–Trinajstić information content (AvgIpc) is 4.01. The number of nitrogens with one attached hydrogen (secondary N) is 3. The highest BCUT2D eigenvalue weighted by molar-refractivity contribution is 6.01. The molecule has 0 aliphatic carbocycles. The Morgan fingerprint density at radius 2 is 1.75 bits per heavy atom. The summed E-state index contributed by atoms with van der Waals surface area (Å²) in [4.78, 5) is 45.8. The van der Waals surface area contributed by atoms with Gasteiger partial charge in [-0.25, -0.2) is 8.78 Å². The number of nitrogens with zero attached hydrogens (tertiary/aromatic N) is 8. The van der Waals surface area contributed by atoms with Crippen LogP contribution in [0.1, 0.15) is 44.1 Å². The van der Waals surface area contributed by atoms with E-state index in [4.69, 9.17) is 4.74 Å². The Hall–Kier alpha value is -6.36. The number of fused-ring (bicyclic) bond motifs is 1. The third kappa shape index (κ3) is 8.38. The predicted molar refractivity (Wildman–Crippen MR) is 227 cm³/mol. The summed E-state index contributed by atoms with van der Waals surface area (Å²) in [6.07, 6.45) is 10.3. The van der Waals surface area contributed by atoms with E-state index in [0.717, 1.165) is 61.4 Å². The maximum atomic E-state index is 16.1. The van der Waals surface area contributed by atoms with E-state index in [1.54, 1.807) is 34.2 Å². The number of aromatic amines is 1. The fraction of sp³-hybridized carbons (Fsp3) is 0.409. The number of carbonyl (C=O) groups is 3. The van der Waals surface area contributed by atoms with E-state index < -0.39 is 11.9 Å². The number of aromatic nitrogens is 5. The van der Waals surface area contributed by atoms with Crippen LogP contribution in [0.15, 0.2) is 67.1 Å². The molecule has 2 aromatic heterocycles. The van der Waals surface area contributed by atoms with E-state index in [1.807, 2.05) is 12.1 Å². The molecule has 3 amide bonds. The maximum absolute atomic E-state index is 16.1. The van der Waals surface area contributed by atoms with Gasteiger partial charge in [0.2, 0.25) is 17.7 Å². The van der Waals surface area contributed by atoms with Crippen molar-refractivity contribution in [3.63, 3.8) is 0 Å². The number of halogens is 2. The van der Waals surface area contributed by atoms with Crippen molar-refractivity contribution < 1.29 is 27.9 Å². The summed E-state index contributed by atoms with van der Waals surface area (Å²) in [6, 6.07) is 13.1. The predicted octanol–water partition coefficient (Wildman–Crippen LogP) is 4.82. The minimum absolute atomic E-state index is 0.00787. The van der Waals surface area contributed by atoms with Crippen molar-refractivity contribution in [1.82, 2.24) is 40.3 Å². The highest BCUT2D eigenvalue weighted by atomic mass is 19.1. The second-order valence-corrected chi connectivity index (χ2v) is 16.1. The van der Waals surface area contributed by atoms with Crippen molar-refractivity contribution in [2.75, 3.05) is 74.6 Å². The number of rotatable bonds is 11. The maximum Gasteiger partial charge on any atom is 0.249 e. The van der Waals surface area contributed by atoms with Gasteiger partial charge in [-0.05, 0) is 60.6 Å². The molecule has 4 aliphatic heterocycles. The van der Waals surface area contributed by atoms with Crippen molar-refractivity contribution in [3.05, 3.63) is 84.3 Å². The third-order valence-electron chi connectivity index (χ3n) is 12.6. The van der Waals surface area contributed by atoms with Gasteiger partial charge in [0.1, 0.15) is 23.1 Å². The van der Waals surface area contributed by atoms with Crippen LogP contribution in [-0.4, -0.2) is 124 Å². The Morgan fingerprint density at radius 3 is 2.49 bits per heavy atom. The van der Waals surface area contributed by atoms with E-state index in [1.165, 1.54) is 13.2 Å². The van der Waals surface area contributed by atoms with Gasteiger partial charge in [0, 0.05) is 106 Å². The Morgan fingerprint density at radius 1 is 0.951 bits per heavy atom. The monoisotopic (exact) mass is 833 g/mol. The Bertz CT molecular complexity index is 2440. The van der Waals surface area contributed by atoms with Gasteiger partial charge < -0.3 is 24.8 Å². The molecule has 6 heterocycles. The first-order valence-corrected chi connectivity index (χ1v) is 21.0. The van der Waals surface area contributed by atoms with Gasteiger partial charge in [0.15, 0.2) is 5.82 Å². The second-order valence-electron chi connectivity index (χ2n) is 16.1. The summed E-state index contributed by atoms with van der Waals surface area (Å²) >= 11 is 0. The largest absolute Gasteiger partial charge is 0.495 e. The first-order valence-electron chi connectivity index (χ1n) is 21.0. The standard InChI is InChI=1S/C44H49F2N11O4/c1-61-39-25-38(35(45)24-37(39)49-36-8-9-40(58)50-44(36)60)55-15-10-31(11-16-55)54-21-19-53(20-22-54)30-6-4-28(5-7-30)32-23-33(42(46)43-34(32)26-48-51-43)29-3-2-14-56(27-29)41(59)12-17-57-18-13-47-52-57/h3-7,13,18,23-26,31,36,49H,2,8-12,14-17,19-22,27H2,1H3,(H,48,51)(H,50,58,60). The quantitative estimate of drug-likeness (QED) is 0.157. The first-order chi connectivity index (χ1) is 29.7. The number of carbonyl (C=O) groups excluding carboxylic acids is 3. The van der Waals surface area contributed by atoms with Gasteiger partial charge in [0.25, 0.3) is 0 Å². The molecule has 15 nitrogen and oxygen atoms in total. The number of piperazine rings is 1. The van der Waals surface area contributed by atoms with Crippen LogP contribution >= 0.6 is 0 Å². The minimum atomic E-state index is -0.641. The summed E-state index contributed by atoms with van der Waals surface area (Å²) in [5.41, 5.74) is 5.39. The lowest BCUT2D eigenvalue weighted by molar-refractivity contribution is -0.134. The number of hydrogen-bond donors (Lipinski definition) is 3. The number of imide groups is 1. The zero-order valence-electron chi connectivity index (χ0n) is 34.1. The molecule has 3 aromatic carbocycles. The smallest absolute Gasteiger partial charge is 0.249 e. The van der Waals surface area contributed by atoms with Crippen LogP contribution in [0, 0.1) is 11.6 Å². The van der Waals surface area contributed by atoms with Gasteiger partial charge in [0.05, 0.1) is 37.4 Å². The molecule has 61 heavy (non-hydrogen) atoms. The minimum Gasteiger partial charge on any atom is -0.495 e. The lowest BCUT2D eigenvalue weighted by Gasteiger charge is -2.44. The van der Waals surface area contributed by atoms with Crippen LogP contribution < -0.4 is 25.2 Å². The van der Waals surface area contributed by atoms with Crippen LogP contribution in [0.4, 0.5) is 25.8 Å². The molecule has 1 unspecified atom stereocenters. The fourth-order valence-electron chi connectivity index (χ4n) is 9.18. The number of piperidine rings is 2. The molecule has 9 rings (SSSR count). The molecule has 318 valence electrons. The van der Waals surface area contributed by atoms with Crippen LogP contribution in [0.25, 0.3) is 27.6 Å². The van der Waals surface area contributed by atoms with Crippen molar-refractivity contribution in [2.45, 2.75) is 57.2 Å². The number of hydrogen-bond acceptors (Lipinski definition) is 11. The molecular weight excluding hydrogens is 785 g/mol. The van der Waals surface area contributed by atoms with E-state index in [-0.39, 0.29) is 36.3 Å². The summed E-state index contributed by atoms with van der Waals surface area (Å²) in [6.45, 7) is 6.35. The summed E-state index contributed by atoms with van der Waals surface area (Å²) < 4.78 is 38.8. The van der Waals surface area contributed by atoms with Crippen molar-refractivity contribution in [1.29, 1.82) is 0 Å². The van der Waals surface area contributed by atoms with Crippen LogP contribution in [0.2, 0.25) is 0 Å². The normalized spacial score (nSPS) is 19.3. The summed E-state index contributed by atoms with van der Waals surface area (Å²) in [5, 5.41) is 20.9. The molecular formula is C44H49F2N11O4. The molecule has 4 aliphatic rings. The van der Waals surface area contributed by atoms with Crippen molar-refractivity contribution in [3.8, 4) is 16.9 Å². The zero-order valence-corrected chi connectivity index (χ0v) is 34.1. The molecule has 0 radical (unpaired) electrons. The molecule has 1 atom stereocenters. The highest BCUT2D eigenvalue weighted by Gasteiger charge is 2.31. The number of anilines is 3. The Kier molecular flexibility index (Phi) is 11.4. The van der Waals surface area contributed by atoms with Gasteiger partial charge in [-0.1, -0.05) is 23.4 Å². The average molecular weight is 834 g/mol. The van der Waals surface area contributed by atoms with Gasteiger partial charge in [-0.3, -0.25) is 34.4 Å². The van der Waals surface area contributed by atoms with Crippen molar-refractivity contribution in [2.24, 2.45) is 0 Å². The molecule has 17 heteroatoms. The number of ether oxygens (including phenoxy) is 1. The number of aryl methyl sites for hydroxylation is 1. The van der Waals surface area contributed by atoms with Crippen LogP contribution in [-0.2, 0) is 20.9 Å². The van der Waals surface area contributed by atoms with E-state index in [0.29, 0.717) is 85.2 Å². The Balaban J connectivity index is 0.807. The topological polar surface area (TPSA) is 157 Å². The second kappa shape index (κ2) is 17.3. The van der Waals surface area contributed by atoms with E-state index >= 15 is 8.78 Å². The lowest BCUT2D eigenvalue weighted by atomic mass is 9.93. The summed E-state index contributed by atoms with van der Waals surface area (Å²) in [7, 11) is 1.52. The summed E-state index contributed by atoms with van der Waals surface area (Å²) in [5.74, 6) is -1.06. The SMILES string of the molecule is COc1cc(N2CCC(N3CCN(c4ccc(-c5cc(C6=CCCN(C(=O)CCn7ccnn7)C6)c(F)c6[nH]ncc56)cc4)CC3)CC2)c(F)cc1NC1CCC(=O)NC1=O. The lowest BCUT2D eigenvalue weighted by Crippen LogP contribution is -2.53. The number of benzene rings is 3. The first kappa shape index (κ1) is 40.1. The van der Waals surface area contributed by atoms with Gasteiger partial charge in [-0.15, -0.1) is 5.10 Å². The fourth-order valence-corrected chi connectivity index (χ4v) is 9.18. The van der Waals surface area contributed by atoms with E-state index in [9.17, 15) is 14.4 Å². The van der Waals surface area contributed by atoms with E-state index in [2.05, 4.69) is 70.1 Å². The van der Waals surface area contributed by atoms with Crippen LogP contribution in [0.3, 0.4) is 0 Å². The van der Waals surface area contributed by atoms with Crippen molar-refractivity contribution >= 4 is 51.3 Å².